The first-order valence-corrected chi connectivity index (χ1v) is 9.26. The molecule has 0 N–H and O–H groups in total. The second-order valence-electron chi connectivity index (χ2n) is 7.22. The van der Waals surface area contributed by atoms with Gasteiger partial charge in [-0.05, 0) is 31.0 Å². The molecule has 28 heavy (non-hydrogen) atoms. The van der Waals surface area contributed by atoms with Gasteiger partial charge in [0.05, 0.1) is 11.2 Å². The summed E-state index contributed by atoms with van der Waals surface area (Å²) in [5.74, 6) is 0.644. The van der Waals surface area contributed by atoms with Gasteiger partial charge in [-0.1, -0.05) is 11.3 Å². The van der Waals surface area contributed by atoms with Gasteiger partial charge < -0.3 is 9.30 Å². The first kappa shape index (κ1) is 18.8. The van der Waals surface area contributed by atoms with Crippen molar-refractivity contribution in [3.63, 3.8) is 0 Å². The van der Waals surface area contributed by atoms with Crippen molar-refractivity contribution >= 4 is 10.9 Å². The van der Waals surface area contributed by atoms with Gasteiger partial charge in [-0.2, -0.15) is 13.2 Å². The van der Waals surface area contributed by atoms with Crippen molar-refractivity contribution in [1.82, 2.24) is 24.5 Å². The topological polar surface area (TPSA) is 48.1 Å². The first-order valence-electron chi connectivity index (χ1n) is 9.26. The second kappa shape index (κ2) is 7.46. The standard InChI is InChI=1S/C19H22F3N5O/c1-25-11-14(23-24-25)12-26-8-5-15(6-9-26)28-18-4-2-3-17-16(18)7-10-27(17)13-19(20,21)22/h2-4,7,10-11,15H,5-6,8-9,12-13H2,1H3. The molecule has 0 radical (unpaired) electrons. The highest BCUT2D eigenvalue weighted by atomic mass is 19.4. The average Bonchev–Trinajstić information content (AvgIpc) is 3.22. The molecule has 0 spiro atoms. The molecule has 1 aliphatic rings. The van der Waals surface area contributed by atoms with Crippen LogP contribution in [-0.2, 0) is 20.1 Å². The quantitative estimate of drug-likeness (QED) is 0.667. The summed E-state index contributed by atoms with van der Waals surface area (Å²) in [6.45, 7) is 1.52. The lowest BCUT2D eigenvalue weighted by Crippen LogP contribution is -2.37. The first-order chi connectivity index (χ1) is 13.4. The molecule has 0 aliphatic carbocycles. The van der Waals surface area contributed by atoms with E-state index in [9.17, 15) is 13.2 Å². The molecular weight excluding hydrogens is 371 g/mol. The van der Waals surface area contributed by atoms with Crippen molar-refractivity contribution in [1.29, 1.82) is 0 Å². The molecule has 1 saturated heterocycles. The Hall–Kier alpha value is -2.55. The van der Waals surface area contributed by atoms with Gasteiger partial charge in [0.2, 0.25) is 0 Å². The number of hydrogen-bond donors (Lipinski definition) is 0. The number of ether oxygens (including phenoxy) is 1. The fourth-order valence-electron chi connectivity index (χ4n) is 3.69. The van der Waals surface area contributed by atoms with Crippen LogP contribution in [0, 0.1) is 0 Å². The van der Waals surface area contributed by atoms with Crippen molar-refractivity contribution in [2.45, 2.75) is 38.2 Å². The van der Waals surface area contributed by atoms with E-state index in [4.69, 9.17) is 4.74 Å². The van der Waals surface area contributed by atoms with E-state index in [2.05, 4.69) is 15.2 Å². The Balaban J connectivity index is 1.39. The number of alkyl halides is 3. The van der Waals surface area contributed by atoms with Crippen LogP contribution in [0.5, 0.6) is 5.75 Å². The summed E-state index contributed by atoms with van der Waals surface area (Å²) in [6, 6.07) is 6.96. The van der Waals surface area contributed by atoms with Crippen LogP contribution in [0.1, 0.15) is 18.5 Å². The molecule has 0 saturated carbocycles. The zero-order valence-corrected chi connectivity index (χ0v) is 15.6. The van der Waals surface area contributed by atoms with E-state index in [1.54, 1.807) is 22.9 Å². The van der Waals surface area contributed by atoms with Gasteiger partial charge in [0.25, 0.3) is 0 Å². The van der Waals surface area contributed by atoms with Crippen molar-refractivity contribution in [2.75, 3.05) is 13.1 Å². The molecule has 1 aromatic carbocycles. The van der Waals surface area contributed by atoms with Crippen LogP contribution in [0.2, 0.25) is 0 Å². The fourth-order valence-corrected chi connectivity index (χ4v) is 3.69. The third kappa shape index (κ3) is 4.30. The summed E-state index contributed by atoms with van der Waals surface area (Å²) < 4.78 is 47.3. The Morgan fingerprint density at radius 1 is 1.18 bits per heavy atom. The fraction of sp³-hybridized carbons (Fsp3) is 0.474. The Bertz CT molecular complexity index is 941. The highest BCUT2D eigenvalue weighted by molar-refractivity contribution is 5.86. The van der Waals surface area contributed by atoms with Gasteiger partial charge in [-0.15, -0.1) is 5.10 Å². The van der Waals surface area contributed by atoms with Gasteiger partial charge in [0, 0.05) is 44.5 Å². The van der Waals surface area contributed by atoms with E-state index >= 15 is 0 Å². The number of aryl methyl sites for hydroxylation is 1. The summed E-state index contributed by atoms with van der Waals surface area (Å²) in [6.07, 6.45) is 0.900. The molecule has 3 heterocycles. The minimum atomic E-state index is -4.25. The Morgan fingerprint density at radius 3 is 2.64 bits per heavy atom. The molecule has 0 unspecified atom stereocenters. The lowest BCUT2D eigenvalue weighted by Gasteiger charge is -2.31. The SMILES string of the molecule is Cn1cc(CN2CCC(Oc3cccc4c3ccn4CC(F)(F)F)CC2)nn1. The molecule has 2 aromatic heterocycles. The summed E-state index contributed by atoms with van der Waals surface area (Å²) in [5.41, 5.74) is 1.48. The molecule has 0 amide bonds. The van der Waals surface area contributed by atoms with Gasteiger partial charge in [0.15, 0.2) is 0 Å². The molecule has 1 fully saturated rings. The van der Waals surface area contributed by atoms with E-state index < -0.39 is 12.7 Å². The maximum Gasteiger partial charge on any atom is 0.406 e. The monoisotopic (exact) mass is 393 g/mol. The Kier molecular flexibility index (Phi) is 5.01. The van der Waals surface area contributed by atoms with E-state index in [0.29, 0.717) is 16.7 Å². The summed E-state index contributed by atoms with van der Waals surface area (Å²) in [7, 11) is 1.85. The van der Waals surface area contributed by atoms with Crippen LogP contribution in [0.15, 0.2) is 36.7 Å². The zero-order valence-electron chi connectivity index (χ0n) is 15.6. The minimum Gasteiger partial charge on any atom is -0.490 e. The number of hydrogen-bond acceptors (Lipinski definition) is 4. The van der Waals surface area contributed by atoms with Gasteiger partial charge in [-0.3, -0.25) is 9.58 Å². The predicted octanol–water partition coefficient (Wildman–Crippen LogP) is 3.38. The lowest BCUT2D eigenvalue weighted by molar-refractivity contribution is -0.139. The zero-order chi connectivity index (χ0) is 19.7. The maximum atomic E-state index is 12.7. The summed E-state index contributed by atoms with van der Waals surface area (Å²) in [4.78, 5) is 2.31. The van der Waals surface area contributed by atoms with Crippen molar-refractivity contribution in [2.24, 2.45) is 7.05 Å². The van der Waals surface area contributed by atoms with E-state index in [0.717, 1.165) is 38.2 Å². The van der Waals surface area contributed by atoms with Gasteiger partial charge in [-0.25, -0.2) is 0 Å². The largest absolute Gasteiger partial charge is 0.490 e. The predicted molar refractivity (Wildman–Crippen MR) is 97.9 cm³/mol. The molecule has 4 rings (SSSR count). The number of benzene rings is 1. The maximum absolute atomic E-state index is 12.7. The smallest absolute Gasteiger partial charge is 0.406 e. The van der Waals surface area contributed by atoms with Crippen molar-refractivity contribution in [3.05, 3.63) is 42.4 Å². The number of aromatic nitrogens is 4. The molecule has 6 nitrogen and oxygen atoms in total. The van der Waals surface area contributed by atoms with Crippen LogP contribution in [0.25, 0.3) is 10.9 Å². The molecule has 9 heteroatoms. The number of halogens is 3. The molecule has 0 atom stereocenters. The van der Waals surface area contributed by atoms with Gasteiger partial charge >= 0.3 is 6.18 Å². The lowest BCUT2D eigenvalue weighted by atomic mass is 10.1. The number of likely N-dealkylation sites (tertiary alicyclic amines) is 1. The summed E-state index contributed by atoms with van der Waals surface area (Å²) >= 11 is 0. The van der Waals surface area contributed by atoms with Crippen LogP contribution in [-0.4, -0.2) is 49.8 Å². The minimum absolute atomic E-state index is 0.0506. The molecular formula is C19H22F3N5O. The van der Waals surface area contributed by atoms with E-state index in [1.165, 1.54) is 10.8 Å². The van der Waals surface area contributed by atoms with Crippen molar-refractivity contribution < 1.29 is 17.9 Å². The van der Waals surface area contributed by atoms with Crippen LogP contribution in [0.3, 0.4) is 0 Å². The number of rotatable bonds is 5. The van der Waals surface area contributed by atoms with Crippen molar-refractivity contribution in [3.8, 4) is 5.75 Å². The Morgan fingerprint density at radius 2 is 1.96 bits per heavy atom. The third-order valence-corrected chi connectivity index (χ3v) is 4.99. The third-order valence-electron chi connectivity index (χ3n) is 4.99. The van der Waals surface area contributed by atoms with E-state index in [1.807, 2.05) is 19.3 Å². The average molecular weight is 393 g/mol. The second-order valence-corrected chi connectivity index (χ2v) is 7.22. The molecule has 3 aromatic rings. The number of piperidine rings is 1. The molecule has 0 bridgehead atoms. The van der Waals surface area contributed by atoms with Crippen LogP contribution in [0.4, 0.5) is 13.2 Å². The van der Waals surface area contributed by atoms with Gasteiger partial charge in [0.1, 0.15) is 18.4 Å². The number of fused-ring (bicyclic) bond motifs is 1. The highest BCUT2D eigenvalue weighted by Gasteiger charge is 2.28. The normalized spacial score (nSPS) is 16.7. The molecule has 150 valence electrons. The summed E-state index contributed by atoms with van der Waals surface area (Å²) in [5, 5.41) is 8.78. The van der Waals surface area contributed by atoms with E-state index in [-0.39, 0.29) is 6.10 Å². The molecule has 1 aliphatic heterocycles. The van der Waals surface area contributed by atoms with Crippen LogP contribution >= 0.6 is 0 Å². The number of nitrogens with zero attached hydrogens (tertiary/aromatic N) is 5. The van der Waals surface area contributed by atoms with Crippen LogP contribution < -0.4 is 4.74 Å². The Labute approximate surface area is 160 Å². The highest BCUT2D eigenvalue weighted by Crippen LogP contribution is 2.31.